The minimum atomic E-state index is -4.44. The third-order valence-electron chi connectivity index (χ3n) is 4.64. The van der Waals surface area contributed by atoms with Gasteiger partial charge in [0.2, 0.25) is 0 Å². The van der Waals surface area contributed by atoms with Crippen molar-refractivity contribution in [3.8, 4) is 0 Å². The van der Waals surface area contributed by atoms with E-state index >= 15 is 0 Å². The highest BCUT2D eigenvalue weighted by atomic mass is 19.4. The Bertz CT molecular complexity index is 1020. The number of nitrogens with zero attached hydrogens (tertiary/aromatic N) is 2. The molecule has 2 amide bonds. The van der Waals surface area contributed by atoms with Crippen LogP contribution in [0, 0.1) is 5.82 Å². The number of urea groups is 1. The Hall–Kier alpha value is -3.55. The first-order valence-electron chi connectivity index (χ1n) is 9.49. The lowest BCUT2D eigenvalue weighted by atomic mass is 10.2. The van der Waals surface area contributed by atoms with Crippen LogP contribution in [-0.2, 0) is 19.3 Å². The second kappa shape index (κ2) is 9.51. The van der Waals surface area contributed by atoms with Gasteiger partial charge in [-0.15, -0.1) is 6.58 Å². The topological polar surface area (TPSA) is 37.3 Å². The van der Waals surface area contributed by atoms with Gasteiger partial charge in [0.15, 0.2) is 0 Å². The fourth-order valence-electron chi connectivity index (χ4n) is 3.05. The van der Waals surface area contributed by atoms with Crippen molar-refractivity contribution < 1.29 is 22.4 Å². The largest absolute Gasteiger partial charge is 0.416 e. The van der Waals surface area contributed by atoms with E-state index in [-0.39, 0.29) is 24.6 Å². The van der Waals surface area contributed by atoms with Crippen molar-refractivity contribution in [2.45, 2.75) is 19.3 Å². The predicted molar refractivity (Wildman–Crippen MR) is 111 cm³/mol. The van der Waals surface area contributed by atoms with Crippen molar-refractivity contribution in [1.82, 2.24) is 9.47 Å². The summed E-state index contributed by atoms with van der Waals surface area (Å²) < 4.78 is 53.2. The maximum Gasteiger partial charge on any atom is 0.416 e. The van der Waals surface area contributed by atoms with Gasteiger partial charge in [-0.3, -0.25) is 0 Å². The van der Waals surface area contributed by atoms with Gasteiger partial charge in [-0.05, 0) is 54.1 Å². The maximum atomic E-state index is 13.1. The minimum Gasteiger partial charge on any atom is -0.345 e. The van der Waals surface area contributed by atoms with Crippen LogP contribution >= 0.6 is 0 Å². The van der Waals surface area contributed by atoms with Crippen LogP contribution in [-0.4, -0.2) is 22.0 Å². The molecule has 8 heteroatoms. The highest BCUT2D eigenvalue weighted by molar-refractivity contribution is 5.89. The molecule has 0 aliphatic heterocycles. The Labute approximate surface area is 177 Å². The predicted octanol–water partition coefficient (Wildman–Crippen LogP) is 5.91. The molecular formula is C23H21F4N3O. The first-order valence-corrected chi connectivity index (χ1v) is 9.49. The van der Waals surface area contributed by atoms with Gasteiger partial charge < -0.3 is 14.8 Å². The number of aromatic nitrogens is 1. The smallest absolute Gasteiger partial charge is 0.345 e. The van der Waals surface area contributed by atoms with Crippen LogP contribution < -0.4 is 5.32 Å². The molecule has 4 nitrogen and oxygen atoms in total. The summed E-state index contributed by atoms with van der Waals surface area (Å²) in [5.41, 5.74) is 1.22. The molecule has 162 valence electrons. The van der Waals surface area contributed by atoms with Crippen LogP contribution in [0.25, 0.3) is 0 Å². The molecule has 0 spiro atoms. The van der Waals surface area contributed by atoms with E-state index in [0.29, 0.717) is 6.54 Å². The van der Waals surface area contributed by atoms with Gasteiger partial charge in [-0.25, -0.2) is 9.18 Å². The molecule has 31 heavy (non-hydrogen) atoms. The standard InChI is InChI=1S/C23H21F4N3O/c1-2-13-30(22(31)28-20-11-7-18(8-12-20)23(25,26)27)16-21-4-3-14-29(21)15-17-5-9-19(24)10-6-17/h2-12,14H,1,13,15-16H2,(H,28,31). The number of anilines is 1. The third-order valence-corrected chi connectivity index (χ3v) is 4.64. The third kappa shape index (κ3) is 5.97. The van der Waals surface area contributed by atoms with Gasteiger partial charge in [0.05, 0.1) is 12.1 Å². The van der Waals surface area contributed by atoms with Gasteiger partial charge in [-0.1, -0.05) is 18.2 Å². The van der Waals surface area contributed by atoms with Crippen LogP contribution in [0.4, 0.5) is 28.0 Å². The number of nitrogens with one attached hydrogen (secondary N) is 1. The van der Waals surface area contributed by atoms with Gasteiger partial charge in [0, 0.05) is 30.7 Å². The molecule has 2 aromatic carbocycles. The zero-order valence-electron chi connectivity index (χ0n) is 16.6. The number of carbonyl (C=O) groups excluding carboxylic acids is 1. The summed E-state index contributed by atoms with van der Waals surface area (Å²) in [7, 11) is 0. The van der Waals surface area contributed by atoms with Gasteiger partial charge in [0.25, 0.3) is 0 Å². The summed E-state index contributed by atoms with van der Waals surface area (Å²) in [4.78, 5) is 14.2. The molecule has 0 saturated heterocycles. The molecule has 0 saturated carbocycles. The number of hydrogen-bond acceptors (Lipinski definition) is 1. The van der Waals surface area contributed by atoms with Crippen molar-refractivity contribution in [2.75, 3.05) is 11.9 Å². The summed E-state index contributed by atoms with van der Waals surface area (Å²) in [6, 6.07) is 13.7. The Kier molecular flexibility index (Phi) is 6.79. The summed E-state index contributed by atoms with van der Waals surface area (Å²) in [5, 5.41) is 2.61. The van der Waals surface area contributed by atoms with Gasteiger partial charge in [0.1, 0.15) is 5.82 Å². The van der Waals surface area contributed by atoms with Crippen LogP contribution in [0.5, 0.6) is 0 Å². The number of amides is 2. The fraction of sp³-hybridized carbons (Fsp3) is 0.174. The Morgan fingerprint density at radius 3 is 2.35 bits per heavy atom. The van der Waals surface area contributed by atoms with Crippen LogP contribution in [0.3, 0.4) is 0 Å². The second-order valence-corrected chi connectivity index (χ2v) is 6.93. The van der Waals surface area contributed by atoms with Crippen molar-refractivity contribution in [1.29, 1.82) is 0 Å². The van der Waals surface area contributed by atoms with E-state index in [0.717, 1.165) is 23.4 Å². The van der Waals surface area contributed by atoms with E-state index in [1.807, 2.05) is 22.9 Å². The van der Waals surface area contributed by atoms with Crippen molar-refractivity contribution in [3.05, 3.63) is 102 Å². The zero-order chi connectivity index (χ0) is 22.4. The second-order valence-electron chi connectivity index (χ2n) is 6.93. The van der Waals surface area contributed by atoms with Crippen molar-refractivity contribution >= 4 is 11.7 Å². The Balaban J connectivity index is 1.70. The van der Waals surface area contributed by atoms with Gasteiger partial charge >= 0.3 is 12.2 Å². The lowest BCUT2D eigenvalue weighted by Crippen LogP contribution is -2.35. The molecular weight excluding hydrogens is 410 g/mol. The van der Waals surface area contributed by atoms with Crippen LogP contribution in [0.15, 0.2) is 79.5 Å². The number of carbonyl (C=O) groups is 1. The van der Waals surface area contributed by atoms with E-state index in [9.17, 15) is 22.4 Å². The summed E-state index contributed by atoms with van der Waals surface area (Å²) in [5.74, 6) is -0.312. The molecule has 3 aromatic rings. The molecule has 0 fully saturated rings. The van der Waals surface area contributed by atoms with Crippen molar-refractivity contribution in [3.63, 3.8) is 0 Å². The van der Waals surface area contributed by atoms with E-state index in [4.69, 9.17) is 0 Å². The molecule has 1 N–H and O–H groups in total. The monoisotopic (exact) mass is 431 g/mol. The average Bonchev–Trinajstić information content (AvgIpc) is 3.15. The number of halogens is 4. The number of hydrogen-bond donors (Lipinski definition) is 1. The molecule has 3 rings (SSSR count). The zero-order valence-corrected chi connectivity index (χ0v) is 16.6. The van der Waals surface area contributed by atoms with E-state index < -0.39 is 17.8 Å². The quantitative estimate of drug-likeness (QED) is 0.366. The summed E-state index contributed by atoms with van der Waals surface area (Å²) in [6.45, 7) is 4.67. The first-order chi connectivity index (χ1) is 14.8. The molecule has 0 aliphatic rings. The lowest BCUT2D eigenvalue weighted by Gasteiger charge is -2.23. The molecule has 0 bridgehead atoms. The van der Waals surface area contributed by atoms with Crippen molar-refractivity contribution in [2.24, 2.45) is 0 Å². The molecule has 1 aromatic heterocycles. The van der Waals surface area contributed by atoms with Crippen LogP contribution in [0.2, 0.25) is 0 Å². The van der Waals surface area contributed by atoms with E-state index in [2.05, 4.69) is 11.9 Å². The fourth-order valence-corrected chi connectivity index (χ4v) is 3.05. The Morgan fingerprint density at radius 1 is 1.06 bits per heavy atom. The lowest BCUT2D eigenvalue weighted by molar-refractivity contribution is -0.137. The summed E-state index contributed by atoms with van der Waals surface area (Å²) >= 11 is 0. The summed E-state index contributed by atoms with van der Waals surface area (Å²) in [6.07, 6.45) is -1.01. The highest BCUT2D eigenvalue weighted by Gasteiger charge is 2.30. The minimum absolute atomic E-state index is 0.244. The molecule has 0 radical (unpaired) electrons. The van der Waals surface area contributed by atoms with Gasteiger partial charge in [-0.2, -0.15) is 13.2 Å². The van der Waals surface area contributed by atoms with E-state index in [1.165, 1.54) is 29.2 Å². The number of rotatable bonds is 7. The average molecular weight is 431 g/mol. The van der Waals surface area contributed by atoms with Crippen LogP contribution in [0.1, 0.15) is 16.8 Å². The SMILES string of the molecule is C=CCN(Cc1cccn1Cc1ccc(F)cc1)C(=O)Nc1ccc(C(F)(F)F)cc1. The number of benzene rings is 2. The molecule has 0 aliphatic carbocycles. The number of alkyl halides is 3. The molecule has 1 heterocycles. The first kappa shape index (κ1) is 22.1. The van der Waals surface area contributed by atoms with E-state index in [1.54, 1.807) is 18.2 Å². The highest BCUT2D eigenvalue weighted by Crippen LogP contribution is 2.29. The maximum absolute atomic E-state index is 13.1. The molecule has 0 atom stereocenters. The Morgan fingerprint density at radius 2 is 1.74 bits per heavy atom. The molecule has 0 unspecified atom stereocenters. The normalized spacial score (nSPS) is 11.2.